The predicted molar refractivity (Wildman–Crippen MR) is 127 cm³/mol. The Balaban J connectivity index is 1.77. The second kappa shape index (κ2) is 9.29. The lowest BCUT2D eigenvalue weighted by Gasteiger charge is -2.09. The second-order valence-electron chi connectivity index (χ2n) is 7.31. The summed E-state index contributed by atoms with van der Waals surface area (Å²) in [7, 11) is 1.75. The van der Waals surface area contributed by atoms with Crippen LogP contribution in [0, 0.1) is 6.92 Å². The molecule has 0 bridgehead atoms. The predicted octanol–water partition coefficient (Wildman–Crippen LogP) is 2.92. The fourth-order valence-electron chi connectivity index (χ4n) is 3.37. The topological polar surface area (TPSA) is 109 Å². The maximum absolute atomic E-state index is 13.2. The third kappa shape index (κ3) is 4.51. The van der Waals surface area contributed by atoms with Crippen LogP contribution in [0.2, 0.25) is 0 Å². The fourth-order valence-corrected chi connectivity index (χ4v) is 4.43. The zero-order chi connectivity index (χ0) is 23.5. The van der Waals surface area contributed by atoms with E-state index in [-0.39, 0.29) is 22.8 Å². The number of hydrogen-bond donors (Lipinski definition) is 1. The van der Waals surface area contributed by atoms with Gasteiger partial charge in [0.15, 0.2) is 10.9 Å². The first-order valence-corrected chi connectivity index (χ1v) is 11.0. The molecule has 0 spiro atoms. The zero-order valence-electron chi connectivity index (χ0n) is 18.0. The number of aliphatic imine (C=N–C) groups is 1. The number of amides is 1. The van der Waals surface area contributed by atoms with Gasteiger partial charge in [-0.2, -0.15) is 10.1 Å². The molecule has 3 aromatic rings. The normalized spacial score (nSPS) is 17.4. The maximum atomic E-state index is 13.2. The monoisotopic (exact) mass is 463 g/mol. The third-order valence-electron chi connectivity index (χ3n) is 5.13. The van der Waals surface area contributed by atoms with Gasteiger partial charge >= 0.3 is 5.97 Å². The SMILES string of the molecule is Cc1c(N=C2S[C@@H](CC(=O)O)C(=O)N2N=Cc2ccccc2)c(=O)n(-c2ccccc2)n1C. The van der Waals surface area contributed by atoms with Gasteiger partial charge in [0, 0.05) is 7.05 Å². The van der Waals surface area contributed by atoms with Crippen molar-refractivity contribution in [2.75, 3.05) is 0 Å². The summed E-state index contributed by atoms with van der Waals surface area (Å²) in [6, 6.07) is 18.3. The van der Waals surface area contributed by atoms with E-state index in [4.69, 9.17) is 0 Å². The van der Waals surface area contributed by atoms with Crippen LogP contribution < -0.4 is 5.56 Å². The molecule has 33 heavy (non-hydrogen) atoms. The summed E-state index contributed by atoms with van der Waals surface area (Å²) < 4.78 is 3.17. The van der Waals surface area contributed by atoms with Crippen LogP contribution in [-0.4, -0.2) is 48.0 Å². The smallest absolute Gasteiger partial charge is 0.305 e. The fraction of sp³-hybridized carbons (Fsp3) is 0.174. The highest BCUT2D eigenvalue weighted by Gasteiger charge is 2.40. The van der Waals surface area contributed by atoms with Crippen LogP contribution in [0.3, 0.4) is 0 Å². The summed E-state index contributed by atoms with van der Waals surface area (Å²) in [5.41, 5.74) is 1.84. The van der Waals surface area contributed by atoms with Crippen molar-refractivity contribution in [3.63, 3.8) is 0 Å². The van der Waals surface area contributed by atoms with Crippen molar-refractivity contribution in [1.29, 1.82) is 0 Å². The summed E-state index contributed by atoms with van der Waals surface area (Å²) in [5, 5.41) is 13.8. The van der Waals surface area contributed by atoms with Gasteiger partial charge in [-0.25, -0.2) is 9.67 Å². The largest absolute Gasteiger partial charge is 0.481 e. The van der Waals surface area contributed by atoms with E-state index in [0.29, 0.717) is 11.4 Å². The lowest BCUT2D eigenvalue weighted by Crippen LogP contribution is -2.28. The summed E-state index contributed by atoms with van der Waals surface area (Å²) in [6.07, 6.45) is 1.12. The van der Waals surface area contributed by atoms with Crippen LogP contribution in [-0.2, 0) is 16.6 Å². The van der Waals surface area contributed by atoms with Gasteiger partial charge in [0.05, 0.1) is 24.0 Å². The molecule has 1 aromatic heterocycles. The van der Waals surface area contributed by atoms with Crippen LogP contribution in [0.25, 0.3) is 5.69 Å². The molecule has 2 aromatic carbocycles. The number of benzene rings is 2. The van der Waals surface area contributed by atoms with Gasteiger partial charge in [-0.05, 0) is 24.6 Å². The Morgan fingerprint density at radius 2 is 1.73 bits per heavy atom. The summed E-state index contributed by atoms with van der Waals surface area (Å²) in [5.74, 6) is -1.60. The van der Waals surface area contributed by atoms with Crippen molar-refractivity contribution in [1.82, 2.24) is 14.4 Å². The molecule has 1 aliphatic heterocycles. The van der Waals surface area contributed by atoms with E-state index in [1.54, 1.807) is 18.7 Å². The van der Waals surface area contributed by atoms with Gasteiger partial charge in [-0.3, -0.25) is 19.1 Å². The van der Waals surface area contributed by atoms with Crippen LogP contribution in [0.1, 0.15) is 17.7 Å². The number of hydrogen-bond acceptors (Lipinski definition) is 6. The minimum atomic E-state index is -1.10. The third-order valence-corrected chi connectivity index (χ3v) is 6.25. The molecule has 1 N–H and O–H groups in total. The van der Waals surface area contributed by atoms with Gasteiger partial charge in [0.25, 0.3) is 11.5 Å². The molecule has 0 radical (unpaired) electrons. The first-order chi connectivity index (χ1) is 15.9. The molecule has 9 nitrogen and oxygen atoms in total. The Kier molecular flexibility index (Phi) is 6.27. The molecule has 0 saturated carbocycles. The standard InChI is InChI=1S/C23H21N5O4S/c1-15-20(22(32)28(26(15)2)17-11-7-4-8-12-17)25-23-27(21(31)18(33-23)13-19(29)30)24-14-16-9-5-3-6-10-16/h3-12,14,18H,13H2,1-2H3,(H,29,30)/t18-/m0/s1. The zero-order valence-corrected chi connectivity index (χ0v) is 18.8. The Labute approximate surface area is 193 Å². The van der Waals surface area contributed by atoms with Crippen molar-refractivity contribution >= 4 is 40.7 Å². The molecular weight excluding hydrogens is 442 g/mol. The lowest BCUT2D eigenvalue weighted by molar-refractivity contribution is -0.139. The Bertz CT molecular complexity index is 1310. The summed E-state index contributed by atoms with van der Waals surface area (Å²) in [4.78, 5) is 41.8. The van der Waals surface area contributed by atoms with Gasteiger partial charge in [0.1, 0.15) is 5.25 Å². The highest BCUT2D eigenvalue weighted by atomic mass is 32.2. The molecule has 10 heteroatoms. The first kappa shape index (κ1) is 22.3. The number of nitrogens with zero attached hydrogens (tertiary/aromatic N) is 5. The Morgan fingerprint density at radius 3 is 2.36 bits per heavy atom. The molecule has 1 aliphatic rings. The van der Waals surface area contributed by atoms with Crippen LogP contribution >= 0.6 is 11.8 Å². The molecule has 1 fully saturated rings. The van der Waals surface area contributed by atoms with E-state index in [1.165, 1.54) is 10.9 Å². The minimum Gasteiger partial charge on any atom is -0.481 e. The molecule has 168 valence electrons. The van der Waals surface area contributed by atoms with Gasteiger partial charge in [-0.15, -0.1) is 0 Å². The van der Waals surface area contributed by atoms with Crippen molar-refractivity contribution in [2.45, 2.75) is 18.6 Å². The number of amidine groups is 1. The van der Waals surface area contributed by atoms with E-state index in [0.717, 1.165) is 22.3 Å². The molecule has 0 unspecified atom stereocenters. The summed E-state index contributed by atoms with van der Waals surface area (Å²) >= 11 is 0.988. The number of carboxylic acid groups (broad SMARTS) is 1. The number of aromatic nitrogens is 2. The number of hydrazone groups is 1. The molecule has 1 amide bonds. The average Bonchev–Trinajstić information content (AvgIpc) is 3.21. The molecule has 4 rings (SSSR count). The van der Waals surface area contributed by atoms with Crippen LogP contribution in [0.4, 0.5) is 5.69 Å². The molecule has 1 atom stereocenters. The van der Waals surface area contributed by atoms with Gasteiger partial charge in [-0.1, -0.05) is 60.3 Å². The maximum Gasteiger partial charge on any atom is 0.305 e. The average molecular weight is 464 g/mol. The number of para-hydroxylation sites is 1. The van der Waals surface area contributed by atoms with Crippen molar-refractivity contribution < 1.29 is 14.7 Å². The van der Waals surface area contributed by atoms with Gasteiger partial charge in [0.2, 0.25) is 0 Å². The number of carboxylic acids is 1. The molecule has 1 saturated heterocycles. The number of rotatable bonds is 6. The number of aliphatic carboxylic acids is 1. The van der Waals surface area contributed by atoms with Gasteiger partial charge < -0.3 is 5.11 Å². The lowest BCUT2D eigenvalue weighted by atomic mass is 10.2. The Morgan fingerprint density at radius 1 is 1.09 bits per heavy atom. The minimum absolute atomic E-state index is 0.157. The van der Waals surface area contributed by atoms with Crippen molar-refractivity contribution in [2.24, 2.45) is 17.1 Å². The Hall–Kier alpha value is -3.92. The number of thioether (sulfide) groups is 1. The molecule has 2 heterocycles. The van der Waals surface area contributed by atoms with Crippen LogP contribution in [0.5, 0.6) is 0 Å². The summed E-state index contributed by atoms with van der Waals surface area (Å²) in [6.45, 7) is 1.76. The highest BCUT2D eigenvalue weighted by molar-refractivity contribution is 8.15. The van der Waals surface area contributed by atoms with E-state index in [1.807, 2.05) is 60.7 Å². The second-order valence-corrected chi connectivity index (χ2v) is 8.48. The first-order valence-electron chi connectivity index (χ1n) is 10.1. The van der Waals surface area contributed by atoms with Crippen molar-refractivity contribution in [3.8, 4) is 5.69 Å². The number of carbonyl (C=O) groups excluding carboxylic acids is 1. The van der Waals surface area contributed by atoms with E-state index in [2.05, 4.69) is 10.1 Å². The van der Waals surface area contributed by atoms with E-state index >= 15 is 0 Å². The quantitative estimate of drug-likeness (QED) is 0.566. The van der Waals surface area contributed by atoms with E-state index in [9.17, 15) is 19.5 Å². The van der Waals surface area contributed by atoms with Crippen LogP contribution in [0.15, 0.2) is 75.6 Å². The number of carbonyl (C=O) groups is 2. The highest BCUT2D eigenvalue weighted by Crippen LogP contribution is 2.32. The van der Waals surface area contributed by atoms with E-state index < -0.39 is 17.1 Å². The molecule has 0 aliphatic carbocycles. The van der Waals surface area contributed by atoms with Crippen molar-refractivity contribution in [3.05, 3.63) is 82.3 Å². The molecular formula is C23H21N5O4S.